The summed E-state index contributed by atoms with van der Waals surface area (Å²) in [6, 6.07) is 4.39. The van der Waals surface area contributed by atoms with Gasteiger partial charge in [0.2, 0.25) is 0 Å². The van der Waals surface area contributed by atoms with Gasteiger partial charge in [0.15, 0.2) is 0 Å². The smallest absolute Gasteiger partial charge is 0.140 e. The molecule has 1 fully saturated rings. The molecular formula is C14H22N4. The van der Waals surface area contributed by atoms with E-state index in [1.54, 1.807) is 0 Å². The van der Waals surface area contributed by atoms with Gasteiger partial charge >= 0.3 is 0 Å². The lowest BCUT2D eigenvalue weighted by Gasteiger charge is -2.30. The number of nitrogens with two attached hydrogens (primary N) is 1. The normalized spacial score (nSPS) is 15.9. The molecule has 0 radical (unpaired) electrons. The van der Waals surface area contributed by atoms with Crippen LogP contribution in [0.15, 0.2) is 12.1 Å². The highest BCUT2D eigenvalue weighted by Gasteiger charge is 2.24. The summed E-state index contributed by atoms with van der Waals surface area (Å²) in [6.07, 6.45) is 5.03. The summed E-state index contributed by atoms with van der Waals surface area (Å²) in [5.74, 6) is 0.992. The van der Waals surface area contributed by atoms with Gasteiger partial charge in [0.05, 0.1) is 5.56 Å². The van der Waals surface area contributed by atoms with E-state index < -0.39 is 0 Å². The van der Waals surface area contributed by atoms with Gasteiger partial charge in [0.1, 0.15) is 11.7 Å². The molecule has 4 heteroatoms. The molecule has 1 aliphatic carbocycles. The predicted octanol–water partition coefficient (Wildman–Crippen LogP) is 2.44. The van der Waals surface area contributed by atoms with Crippen LogP contribution in [0.4, 0.5) is 5.82 Å². The van der Waals surface area contributed by atoms with Crippen molar-refractivity contribution < 1.29 is 0 Å². The van der Waals surface area contributed by atoms with Crippen molar-refractivity contribution in [2.24, 2.45) is 5.73 Å². The van der Waals surface area contributed by atoms with Crippen LogP contribution in [0.3, 0.4) is 0 Å². The summed E-state index contributed by atoms with van der Waals surface area (Å²) >= 11 is 0. The average molecular weight is 246 g/mol. The molecule has 0 saturated heterocycles. The maximum Gasteiger partial charge on any atom is 0.140 e. The van der Waals surface area contributed by atoms with Crippen LogP contribution in [0.1, 0.15) is 43.9 Å². The zero-order chi connectivity index (χ0) is 13.1. The molecule has 0 aromatic carbocycles. The molecule has 0 unspecified atom stereocenters. The van der Waals surface area contributed by atoms with E-state index in [0.29, 0.717) is 6.04 Å². The van der Waals surface area contributed by atoms with Crippen LogP contribution >= 0.6 is 0 Å². The van der Waals surface area contributed by atoms with Crippen molar-refractivity contribution >= 4 is 11.7 Å². The average Bonchev–Trinajstić information content (AvgIpc) is 2.83. The second-order valence-electron chi connectivity index (χ2n) is 4.96. The van der Waals surface area contributed by atoms with Gasteiger partial charge in [-0.25, -0.2) is 4.98 Å². The van der Waals surface area contributed by atoms with E-state index in [0.717, 1.165) is 23.6 Å². The topological polar surface area (TPSA) is 66.0 Å². The number of rotatable bonds is 4. The Morgan fingerprint density at radius 2 is 2.11 bits per heavy atom. The van der Waals surface area contributed by atoms with Gasteiger partial charge in [-0.3, -0.25) is 5.41 Å². The monoisotopic (exact) mass is 246 g/mol. The number of pyridine rings is 1. The highest BCUT2D eigenvalue weighted by Crippen LogP contribution is 2.29. The van der Waals surface area contributed by atoms with Gasteiger partial charge in [-0.15, -0.1) is 0 Å². The van der Waals surface area contributed by atoms with Crippen molar-refractivity contribution in [3.63, 3.8) is 0 Å². The van der Waals surface area contributed by atoms with Crippen molar-refractivity contribution in [3.05, 3.63) is 23.4 Å². The molecule has 1 aliphatic rings. The molecule has 1 saturated carbocycles. The first-order valence-corrected chi connectivity index (χ1v) is 6.72. The van der Waals surface area contributed by atoms with Gasteiger partial charge in [0.25, 0.3) is 0 Å². The number of aromatic nitrogens is 1. The number of anilines is 1. The molecule has 18 heavy (non-hydrogen) atoms. The van der Waals surface area contributed by atoms with Crippen LogP contribution < -0.4 is 10.6 Å². The number of aryl methyl sites for hydroxylation is 1. The third-order valence-electron chi connectivity index (χ3n) is 3.68. The first-order chi connectivity index (χ1) is 8.63. The fraction of sp³-hybridized carbons (Fsp3) is 0.571. The van der Waals surface area contributed by atoms with E-state index in [1.807, 2.05) is 19.1 Å². The standard InChI is InChI=1S/C14H22N4/c1-3-18(11-6-4-5-7-11)14-12(13(15)16)9-8-10(2)17-14/h8-9,11H,3-7H2,1-2H3,(H3,15,16). The molecule has 0 atom stereocenters. The second-order valence-corrected chi connectivity index (χ2v) is 4.96. The molecule has 0 spiro atoms. The van der Waals surface area contributed by atoms with Crippen molar-refractivity contribution in [1.82, 2.24) is 4.98 Å². The quantitative estimate of drug-likeness (QED) is 0.633. The van der Waals surface area contributed by atoms with E-state index in [9.17, 15) is 0 Å². The van der Waals surface area contributed by atoms with Gasteiger partial charge in [-0.2, -0.15) is 0 Å². The van der Waals surface area contributed by atoms with E-state index in [2.05, 4.69) is 16.8 Å². The molecule has 0 aliphatic heterocycles. The fourth-order valence-electron chi connectivity index (χ4n) is 2.77. The molecule has 1 aromatic rings. The Kier molecular flexibility index (Phi) is 3.84. The minimum absolute atomic E-state index is 0.106. The Bertz CT molecular complexity index is 435. The van der Waals surface area contributed by atoms with E-state index >= 15 is 0 Å². The van der Waals surface area contributed by atoms with E-state index in [4.69, 9.17) is 11.1 Å². The molecule has 4 nitrogen and oxygen atoms in total. The van der Waals surface area contributed by atoms with Crippen LogP contribution in [-0.4, -0.2) is 23.4 Å². The predicted molar refractivity (Wildman–Crippen MR) is 75.3 cm³/mol. The molecule has 1 aromatic heterocycles. The Hall–Kier alpha value is -1.58. The lowest BCUT2D eigenvalue weighted by molar-refractivity contribution is 0.612. The largest absolute Gasteiger partial charge is 0.384 e. The lowest BCUT2D eigenvalue weighted by atomic mass is 10.1. The second kappa shape index (κ2) is 5.38. The summed E-state index contributed by atoms with van der Waals surface area (Å²) < 4.78 is 0. The minimum atomic E-state index is 0.106. The van der Waals surface area contributed by atoms with E-state index in [-0.39, 0.29) is 5.84 Å². The summed E-state index contributed by atoms with van der Waals surface area (Å²) in [5.41, 5.74) is 7.41. The number of nitrogens with one attached hydrogen (secondary N) is 1. The van der Waals surface area contributed by atoms with Gasteiger partial charge < -0.3 is 10.6 Å². The van der Waals surface area contributed by atoms with Gasteiger partial charge in [-0.1, -0.05) is 12.8 Å². The summed E-state index contributed by atoms with van der Waals surface area (Å²) in [7, 11) is 0. The van der Waals surface area contributed by atoms with Crippen LogP contribution in [0.2, 0.25) is 0 Å². The zero-order valence-corrected chi connectivity index (χ0v) is 11.2. The van der Waals surface area contributed by atoms with Crippen molar-refractivity contribution in [2.75, 3.05) is 11.4 Å². The minimum Gasteiger partial charge on any atom is -0.384 e. The third kappa shape index (κ3) is 2.47. The number of nitrogen functional groups attached to an aromatic ring is 1. The van der Waals surface area contributed by atoms with Crippen LogP contribution in [-0.2, 0) is 0 Å². The van der Waals surface area contributed by atoms with Crippen LogP contribution in [0.25, 0.3) is 0 Å². The van der Waals surface area contributed by atoms with Gasteiger partial charge in [-0.05, 0) is 38.8 Å². The molecular weight excluding hydrogens is 224 g/mol. The molecule has 0 bridgehead atoms. The SMILES string of the molecule is CCN(c1nc(C)ccc1C(=N)N)C1CCCC1. The van der Waals surface area contributed by atoms with Crippen molar-refractivity contribution in [2.45, 2.75) is 45.6 Å². The Balaban J connectivity index is 2.39. The highest BCUT2D eigenvalue weighted by molar-refractivity contribution is 5.99. The molecule has 2 rings (SSSR count). The Morgan fingerprint density at radius 3 is 2.67 bits per heavy atom. The lowest BCUT2D eigenvalue weighted by Crippen LogP contribution is -2.35. The summed E-state index contributed by atoms with van der Waals surface area (Å²) in [4.78, 5) is 6.93. The molecule has 0 amide bonds. The van der Waals surface area contributed by atoms with Crippen molar-refractivity contribution in [1.29, 1.82) is 5.41 Å². The molecule has 1 heterocycles. The van der Waals surface area contributed by atoms with Crippen LogP contribution in [0, 0.1) is 12.3 Å². The van der Waals surface area contributed by atoms with Crippen LogP contribution in [0.5, 0.6) is 0 Å². The maximum absolute atomic E-state index is 7.70. The Morgan fingerprint density at radius 1 is 1.44 bits per heavy atom. The summed E-state index contributed by atoms with van der Waals surface area (Å²) in [5, 5.41) is 7.70. The number of nitrogens with zero attached hydrogens (tertiary/aromatic N) is 2. The highest BCUT2D eigenvalue weighted by atomic mass is 15.2. The summed E-state index contributed by atoms with van der Waals surface area (Å²) in [6.45, 7) is 5.05. The molecule has 3 N–H and O–H groups in total. The number of hydrogen-bond donors (Lipinski definition) is 2. The van der Waals surface area contributed by atoms with Gasteiger partial charge in [0, 0.05) is 18.3 Å². The molecule has 98 valence electrons. The third-order valence-corrected chi connectivity index (χ3v) is 3.68. The zero-order valence-electron chi connectivity index (χ0n) is 11.2. The first-order valence-electron chi connectivity index (χ1n) is 6.72. The number of amidine groups is 1. The van der Waals surface area contributed by atoms with E-state index in [1.165, 1.54) is 25.7 Å². The number of hydrogen-bond acceptors (Lipinski definition) is 3. The fourth-order valence-corrected chi connectivity index (χ4v) is 2.77. The Labute approximate surface area is 109 Å². The first kappa shape index (κ1) is 12.9. The van der Waals surface area contributed by atoms with Crippen molar-refractivity contribution in [3.8, 4) is 0 Å². The maximum atomic E-state index is 7.70.